The van der Waals surface area contributed by atoms with Crippen LogP contribution in [0.2, 0.25) is 0 Å². The van der Waals surface area contributed by atoms with Gasteiger partial charge in [0.15, 0.2) is 4.80 Å². The zero-order valence-corrected chi connectivity index (χ0v) is 17.8. The molecule has 0 aliphatic heterocycles. The molecule has 7 nitrogen and oxygen atoms in total. The molecule has 182 valence electrons. The van der Waals surface area contributed by atoms with Crippen LogP contribution < -0.4 is 14.3 Å². The van der Waals surface area contributed by atoms with Crippen molar-refractivity contribution in [1.29, 1.82) is 0 Å². The number of nitrogens with zero attached hydrogens (tertiary/aromatic N) is 2. The molecule has 1 unspecified atom stereocenters. The van der Waals surface area contributed by atoms with Crippen molar-refractivity contribution in [2.75, 3.05) is 0 Å². The maximum atomic E-state index is 12.7. The van der Waals surface area contributed by atoms with E-state index in [9.17, 15) is 41.0 Å². The Kier molecular flexibility index (Phi) is 6.91. The zero-order valence-electron chi connectivity index (χ0n) is 17.0. The van der Waals surface area contributed by atoms with Crippen LogP contribution in [0.25, 0.3) is 10.2 Å². The maximum absolute atomic E-state index is 12.7. The standard InChI is InChI=1S/C20H14F6N2O5S/c1-2-13(17(30)31)28-14-7-6-12(33-20(24,25)26)9-15(14)34-18(28)27-16(29)10-4-3-5-11(8-10)32-19(21,22)23/h3-9,13H,2H2,1H3,(H,30,31). The molecule has 1 aromatic heterocycles. The first kappa shape index (κ1) is 25.1. The van der Waals surface area contributed by atoms with E-state index in [1.807, 2.05) is 0 Å². The molecule has 0 bridgehead atoms. The highest BCUT2D eigenvalue weighted by molar-refractivity contribution is 7.16. The van der Waals surface area contributed by atoms with Crippen molar-refractivity contribution in [3.05, 3.63) is 52.8 Å². The molecule has 0 aliphatic carbocycles. The number of halogens is 6. The summed E-state index contributed by atoms with van der Waals surface area (Å²) in [7, 11) is 0. The van der Waals surface area contributed by atoms with Gasteiger partial charge in [-0.15, -0.1) is 26.3 Å². The number of amides is 1. The molecule has 34 heavy (non-hydrogen) atoms. The minimum atomic E-state index is -4.99. The lowest BCUT2D eigenvalue weighted by Gasteiger charge is -2.14. The van der Waals surface area contributed by atoms with Crippen LogP contribution in [0.1, 0.15) is 29.7 Å². The molecular formula is C20H14F6N2O5S. The summed E-state index contributed by atoms with van der Waals surface area (Å²) < 4.78 is 84.0. The van der Waals surface area contributed by atoms with Crippen LogP contribution in [0.3, 0.4) is 0 Å². The fourth-order valence-electron chi connectivity index (χ4n) is 3.05. The Balaban J connectivity index is 2.13. The molecule has 0 spiro atoms. The van der Waals surface area contributed by atoms with Gasteiger partial charge < -0.3 is 19.1 Å². The lowest BCUT2D eigenvalue weighted by Crippen LogP contribution is -2.27. The van der Waals surface area contributed by atoms with Gasteiger partial charge in [0.05, 0.1) is 10.2 Å². The molecule has 1 N–H and O–H groups in total. The molecule has 2 aromatic carbocycles. The van der Waals surface area contributed by atoms with Crippen LogP contribution in [-0.2, 0) is 4.79 Å². The number of carbonyl (C=O) groups is 2. The lowest BCUT2D eigenvalue weighted by molar-refractivity contribution is -0.275. The second kappa shape index (κ2) is 9.37. The summed E-state index contributed by atoms with van der Waals surface area (Å²) in [6.07, 6.45) is -9.90. The average Bonchev–Trinajstić information content (AvgIpc) is 3.03. The highest BCUT2D eigenvalue weighted by Gasteiger charge is 2.32. The third-order valence-electron chi connectivity index (χ3n) is 4.33. The van der Waals surface area contributed by atoms with Gasteiger partial charge in [0, 0.05) is 5.56 Å². The van der Waals surface area contributed by atoms with Gasteiger partial charge in [0.25, 0.3) is 5.91 Å². The van der Waals surface area contributed by atoms with Crippen molar-refractivity contribution in [3.63, 3.8) is 0 Å². The Hall–Kier alpha value is -3.55. The molecule has 1 atom stereocenters. The quantitative estimate of drug-likeness (QED) is 0.458. The van der Waals surface area contributed by atoms with Crippen molar-refractivity contribution in [2.45, 2.75) is 32.1 Å². The molecular weight excluding hydrogens is 494 g/mol. The number of ether oxygens (including phenoxy) is 2. The SMILES string of the molecule is CCC(C(=O)O)n1c(=NC(=O)c2cccc(OC(F)(F)F)c2)sc2cc(OC(F)(F)F)ccc21. The first-order chi connectivity index (χ1) is 15.8. The maximum Gasteiger partial charge on any atom is 0.573 e. The topological polar surface area (TPSA) is 90.1 Å². The lowest BCUT2D eigenvalue weighted by atomic mass is 10.2. The second-order valence-electron chi connectivity index (χ2n) is 6.69. The molecule has 1 amide bonds. The van der Waals surface area contributed by atoms with E-state index in [4.69, 9.17) is 0 Å². The Morgan fingerprint density at radius 3 is 2.21 bits per heavy atom. The largest absolute Gasteiger partial charge is 0.573 e. The summed E-state index contributed by atoms with van der Waals surface area (Å²) in [5.41, 5.74) is -0.107. The van der Waals surface area contributed by atoms with Crippen LogP contribution in [0.5, 0.6) is 11.5 Å². The van der Waals surface area contributed by atoms with Gasteiger partial charge in [0.2, 0.25) is 0 Å². The number of carboxylic acid groups (broad SMARTS) is 1. The number of carbonyl (C=O) groups excluding carboxylic acids is 1. The zero-order chi connectivity index (χ0) is 25.3. The molecule has 1 heterocycles. The Bertz CT molecular complexity index is 1300. The first-order valence-corrected chi connectivity index (χ1v) is 10.2. The predicted molar refractivity (Wildman–Crippen MR) is 106 cm³/mol. The van der Waals surface area contributed by atoms with Crippen molar-refractivity contribution < 1.29 is 50.5 Å². The summed E-state index contributed by atoms with van der Waals surface area (Å²) in [6, 6.07) is 6.06. The molecule has 3 aromatic rings. The van der Waals surface area contributed by atoms with Gasteiger partial charge in [0.1, 0.15) is 17.5 Å². The second-order valence-corrected chi connectivity index (χ2v) is 7.70. The Morgan fingerprint density at radius 1 is 1.03 bits per heavy atom. The minimum Gasteiger partial charge on any atom is -0.480 e. The van der Waals surface area contributed by atoms with E-state index in [1.165, 1.54) is 12.1 Å². The third kappa shape index (κ3) is 6.07. The highest BCUT2D eigenvalue weighted by Crippen LogP contribution is 2.30. The number of hydrogen-bond acceptors (Lipinski definition) is 5. The molecule has 0 aliphatic rings. The number of benzene rings is 2. The van der Waals surface area contributed by atoms with E-state index < -0.39 is 42.1 Å². The molecule has 0 fully saturated rings. The van der Waals surface area contributed by atoms with E-state index in [2.05, 4.69) is 14.5 Å². The van der Waals surface area contributed by atoms with Crippen LogP contribution >= 0.6 is 11.3 Å². The number of thiazole rings is 1. The summed E-state index contributed by atoms with van der Waals surface area (Å²) in [5, 5.41) is 9.59. The fraction of sp³-hybridized carbons (Fsp3) is 0.250. The highest BCUT2D eigenvalue weighted by atomic mass is 32.1. The molecule has 3 rings (SSSR count). The van der Waals surface area contributed by atoms with Crippen LogP contribution in [0.15, 0.2) is 47.5 Å². The van der Waals surface area contributed by atoms with E-state index in [1.54, 1.807) is 6.92 Å². The van der Waals surface area contributed by atoms with E-state index >= 15 is 0 Å². The van der Waals surface area contributed by atoms with Crippen LogP contribution in [-0.4, -0.2) is 34.3 Å². The van der Waals surface area contributed by atoms with Gasteiger partial charge in [-0.25, -0.2) is 4.79 Å². The van der Waals surface area contributed by atoms with E-state index in [0.29, 0.717) is 11.3 Å². The molecule has 0 radical (unpaired) electrons. The first-order valence-electron chi connectivity index (χ1n) is 9.36. The van der Waals surface area contributed by atoms with Gasteiger partial charge in [-0.3, -0.25) is 4.79 Å². The van der Waals surface area contributed by atoms with Crippen molar-refractivity contribution in [2.24, 2.45) is 4.99 Å². The summed E-state index contributed by atoms with van der Waals surface area (Å²) in [4.78, 5) is 28.1. The monoisotopic (exact) mass is 508 g/mol. The number of aromatic nitrogens is 1. The molecule has 14 heteroatoms. The van der Waals surface area contributed by atoms with Crippen molar-refractivity contribution in [3.8, 4) is 11.5 Å². The van der Waals surface area contributed by atoms with Gasteiger partial charge in [-0.05, 0) is 42.8 Å². The van der Waals surface area contributed by atoms with Crippen molar-refractivity contribution in [1.82, 2.24) is 4.57 Å². The van der Waals surface area contributed by atoms with Crippen LogP contribution in [0, 0.1) is 0 Å². The predicted octanol–water partition coefficient (Wildman–Crippen LogP) is 5.28. The van der Waals surface area contributed by atoms with Gasteiger partial charge in [-0.2, -0.15) is 4.99 Å². The number of fused-ring (bicyclic) bond motifs is 1. The molecule has 0 saturated heterocycles. The minimum absolute atomic E-state index is 0.0399. The van der Waals surface area contributed by atoms with Crippen molar-refractivity contribution >= 4 is 33.4 Å². The van der Waals surface area contributed by atoms with E-state index in [0.717, 1.165) is 34.9 Å². The number of aliphatic carboxylic acids is 1. The summed E-state index contributed by atoms with van der Waals surface area (Å²) in [6.45, 7) is 1.54. The fourth-order valence-corrected chi connectivity index (χ4v) is 4.14. The molecule has 0 saturated carbocycles. The van der Waals surface area contributed by atoms with Gasteiger partial charge >= 0.3 is 18.7 Å². The summed E-state index contributed by atoms with van der Waals surface area (Å²) >= 11 is 0.716. The number of rotatable bonds is 6. The number of carboxylic acids is 1. The van der Waals surface area contributed by atoms with Gasteiger partial charge in [-0.1, -0.05) is 24.3 Å². The normalized spacial score (nSPS) is 13.7. The van der Waals surface area contributed by atoms with Crippen LogP contribution in [0.4, 0.5) is 26.3 Å². The van der Waals surface area contributed by atoms with E-state index in [-0.39, 0.29) is 27.0 Å². The summed E-state index contributed by atoms with van der Waals surface area (Å²) in [5.74, 6) is -3.53. The Labute approximate surface area is 190 Å². The number of hydrogen-bond donors (Lipinski definition) is 1. The third-order valence-corrected chi connectivity index (χ3v) is 5.34. The Morgan fingerprint density at radius 2 is 1.65 bits per heavy atom. The average molecular weight is 508 g/mol. The number of alkyl halides is 6. The smallest absolute Gasteiger partial charge is 0.480 e.